The Labute approximate surface area is 101 Å². The minimum absolute atomic E-state index is 0. The molecule has 0 atom stereocenters. The summed E-state index contributed by atoms with van der Waals surface area (Å²) < 4.78 is 0. The topological polar surface area (TPSA) is 20.2 Å². The first kappa shape index (κ1) is 10.6. The van der Waals surface area contributed by atoms with Crippen molar-refractivity contribution in [2.75, 3.05) is 0 Å². The molecule has 0 bridgehead atoms. The average molecular weight is 154 g/mol. The van der Waals surface area contributed by atoms with Gasteiger partial charge in [-0.3, -0.25) is 0 Å². The molecule has 0 radical (unpaired) electrons. The van der Waals surface area contributed by atoms with Gasteiger partial charge in [0.2, 0.25) is 0 Å². The Morgan fingerprint density at radius 2 is 1.67 bits per heavy atom. The molecule has 0 amide bonds. The van der Waals surface area contributed by atoms with Crippen LogP contribution in [0.2, 0.25) is 0 Å². The summed E-state index contributed by atoms with van der Waals surface area (Å²) in [6.07, 6.45) is 4.52. The second kappa shape index (κ2) is 5.27. The fourth-order valence-corrected chi connectivity index (χ4v) is 1.24. The van der Waals surface area contributed by atoms with E-state index in [2.05, 4.69) is 6.92 Å². The van der Waals surface area contributed by atoms with E-state index in [0.29, 0.717) is 0 Å². The average Bonchev–Trinajstić information content (AvgIpc) is 1.77. The molecule has 2 heteroatoms. The van der Waals surface area contributed by atoms with Gasteiger partial charge in [-0.25, -0.2) is 0 Å². The molecule has 1 fully saturated rings. The van der Waals surface area contributed by atoms with E-state index in [1.807, 2.05) is 0 Å². The van der Waals surface area contributed by atoms with E-state index >= 15 is 0 Å². The molecule has 1 nitrogen and oxygen atoms in total. The zero-order valence-electron chi connectivity index (χ0n) is 7.43. The smallest absolute Gasteiger partial charge is 1.00 e. The molecule has 0 aromatic carbocycles. The third-order valence-corrected chi connectivity index (χ3v) is 1.99. The first-order chi connectivity index (χ1) is 3.79. The van der Waals surface area contributed by atoms with Gasteiger partial charge >= 0.3 is 51.4 Å². The summed E-state index contributed by atoms with van der Waals surface area (Å²) in [5, 5.41) is 9.03. The number of aliphatic hydroxyl groups excluding tert-OH is 1. The first-order valence-corrected chi connectivity index (χ1v) is 3.47. The van der Waals surface area contributed by atoms with Crippen molar-refractivity contribution in [2.24, 2.45) is 5.92 Å². The summed E-state index contributed by atoms with van der Waals surface area (Å²) in [5.74, 6) is 0.860. The fraction of sp³-hybridized carbons (Fsp3) is 1.00. The van der Waals surface area contributed by atoms with Gasteiger partial charge < -0.3 is 6.53 Å². The Balaban J connectivity index is 0. The molecule has 1 aliphatic rings. The Bertz CT molecular complexity index is 62.0. The summed E-state index contributed by atoms with van der Waals surface area (Å²) in [5.41, 5.74) is 0. The molecular formula is C7H15KO. The van der Waals surface area contributed by atoms with Crippen molar-refractivity contribution in [3.05, 3.63) is 0 Å². The van der Waals surface area contributed by atoms with E-state index in [0.717, 1.165) is 18.8 Å². The third-order valence-electron chi connectivity index (χ3n) is 1.99. The maximum absolute atomic E-state index is 9.03. The van der Waals surface area contributed by atoms with Crippen LogP contribution in [0.25, 0.3) is 0 Å². The van der Waals surface area contributed by atoms with Gasteiger partial charge in [0, 0.05) is 0 Å². The summed E-state index contributed by atoms with van der Waals surface area (Å²) in [6.45, 7) is 2.26. The van der Waals surface area contributed by atoms with E-state index in [1.165, 1.54) is 12.8 Å². The van der Waals surface area contributed by atoms with Crippen LogP contribution in [0.1, 0.15) is 34.0 Å². The predicted octanol–water partition coefficient (Wildman–Crippen LogP) is -1.33. The predicted molar refractivity (Wildman–Crippen MR) is 34.8 cm³/mol. The van der Waals surface area contributed by atoms with Crippen LogP contribution in [0.15, 0.2) is 0 Å². The summed E-state index contributed by atoms with van der Waals surface area (Å²) in [7, 11) is 0. The molecule has 0 aliphatic heterocycles. The minimum atomic E-state index is 0. The van der Waals surface area contributed by atoms with Crippen LogP contribution in [-0.4, -0.2) is 11.2 Å². The van der Waals surface area contributed by atoms with Gasteiger partial charge in [-0.2, -0.15) is 0 Å². The van der Waals surface area contributed by atoms with Gasteiger partial charge in [0.1, 0.15) is 0 Å². The van der Waals surface area contributed by atoms with Crippen LogP contribution < -0.4 is 51.4 Å². The molecular weight excluding hydrogens is 139 g/mol. The van der Waals surface area contributed by atoms with Crippen LogP contribution >= 0.6 is 0 Å². The van der Waals surface area contributed by atoms with Crippen LogP contribution in [0, 0.1) is 5.92 Å². The second-order valence-electron chi connectivity index (χ2n) is 2.91. The third kappa shape index (κ3) is 4.12. The molecule has 0 heterocycles. The molecule has 0 aromatic rings. The van der Waals surface area contributed by atoms with Gasteiger partial charge in [-0.15, -0.1) is 0 Å². The molecule has 0 spiro atoms. The normalized spacial score (nSPS) is 35.3. The Morgan fingerprint density at radius 1 is 1.22 bits per heavy atom. The maximum Gasteiger partial charge on any atom is 1.00 e. The molecule has 9 heavy (non-hydrogen) atoms. The SMILES string of the molecule is CC1CCC(O)CC1.[H-].[K+]. The first-order valence-electron chi connectivity index (χ1n) is 3.47. The fourth-order valence-electron chi connectivity index (χ4n) is 1.24. The van der Waals surface area contributed by atoms with E-state index in [-0.39, 0.29) is 58.9 Å². The minimum Gasteiger partial charge on any atom is -1.00 e. The van der Waals surface area contributed by atoms with E-state index in [1.54, 1.807) is 0 Å². The van der Waals surface area contributed by atoms with Gasteiger partial charge in [-0.1, -0.05) is 6.92 Å². The quantitative estimate of drug-likeness (QED) is 0.429. The van der Waals surface area contributed by atoms with E-state index < -0.39 is 0 Å². The number of aliphatic hydroxyl groups is 1. The molecule has 0 saturated heterocycles. The van der Waals surface area contributed by atoms with Crippen molar-refractivity contribution in [1.82, 2.24) is 0 Å². The summed E-state index contributed by atoms with van der Waals surface area (Å²) in [6, 6.07) is 0. The largest absolute Gasteiger partial charge is 1.00 e. The van der Waals surface area contributed by atoms with Crippen molar-refractivity contribution < 1.29 is 57.9 Å². The molecule has 0 unspecified atom stereocenters. The summed E-state index contributed by atoms with van der Waals surface area (Å²) >= 11 is 0. The van der Waals surface area contributed by atoms with Gasteiger partial charge in [0.25, 0.3) is 0 Å². The Hall–Kier alpha value is 1.60. The number of hydrogen-bond donors (Lipinski definition) is 1. The van der Waals surface area contributed by atoms with Crippen molar-refractivity contribution in [3.8, 4) is 0 Å². The zero-order valence-corrected chi connectivity index (χ0v) is 9.55. The van der Waals surface area contributed by atoms with Crippen molar-refractivity contribution in [3.63, 3.8) is 0 Å². The molecule has 50 valence electrons. The van der Waals surface area contributed by atoms with Crippen molar-refractivity contribution >= 4 is 0 Å². The second-order valence-corrected chi connectivity index (χ2v) is 2.91. The molecule has 1 saturated carbocycles. The zero-order chi connectivity index (χ0) is 5.98. The standard InChI is InChI=1S/C7H14O.K.H/c1-6-2-4-7(8)5-3-6;;/h6-8H,2-5H2,1H3;;/q;+1;-1. The maximum atomic E-state index is 9.03. The number of rotatable bonds is 0. The molecule has 1 N–H and O–H groups in total. The van der Waals surface area contributed by atoms with Gasteiger partial charge in [-0.05, 0) is 31.6 Å². The molecule has 1 rings (SSSR count). The Kier molecular flexibility index (Phi) is 6.21. The Morgan fingerprint density at radius 3 is 2.00 bits per heavy atom. The van der Waals surface area contributed by atoms with Gasteiger partial charge in [0.05, 0.1) is 6.10 Å². The van der Waals surface area contributed by atoms with Gasteiger partial charge in [0.15, 0.2) is 0 Å². The van der Waals surface area contributed by atoms with E-state index in [9.17, 15) is 0 Å². The van der Waals surface area contributed by atoms with Crippen LogP contribution in [-0.2, 0) is 0 Å². The van der Waals surface area contributed by atoms with Crippen LogP contribution in [0.5, 0.6) is 0 Å². The van der Waals surface area contributed by atoms with Crippen molar-refractivity contribution in [1.29, 1.82) is 0 Å². The van der Waals surface area contributed by atoms with E-state index in [4.69, 9.17) is 5.11 Å². The van der Waals surface area contributed by atoms with Crippen LogP contribution in [0.3, 0.4) is 0 Å². The summed E-state index contributed by atoms with van der Waals surface area (Å²) in [4.78, 5) is 0. The monoisotopic (exact) mass is 154 g/mol. The molecule has 0 aromatic heterocycles. The van der Waals surface area contributed by atoms with Crippen LogP contribution in [0.4, 0.5) is 0 Å². The number of hydrogen-bond acceptors (Lipinski definition) is 1. The molecule has 1 aliphatic carbocycles. The van der Waals surface area contributed by atoms with Crippen molar-refractivity contribution in [2.45, 2.75) is 38.7 Å².